The molecule has 0 aliphatic rings. The molecule has 0 heterocycles. The van der Waals surface area contributed by atoms with Gasteiger partial charge in [0.05, 0.1) is 0 Å². The van der Waals surface area contributed by atoms with Crippen molar-refractivity contribution in [1.82, 2.24) is 0 Å². The van der Waals surface area contributed by atoms with Crippen molar-refractivity contribution in [2.45, 2.75) is 31.5 Å². The van der Waals surface area contributed by atoms with E-state index in [0.717, 1.165) is 5.32 Å². The summed E-state index contributed by atoms with van der Waals surface area (Å²) >= 11 is 3.72. The average molecular weight is 192 g/mol. The molecule has 0 bridgehead atoms. The van der Waals surface area contributed by atoms with Crippen LogP contribution in [0.25, 0.3) is 0 Å². The van der Waals surface area contributed by atoms with E-state index >= 15 is 0 Å². The second kappa shape index (κ2) is 15.9. The number of hydrogen-bond acceptors (Lipinski definition) is 2. The molecule has 0 radical (unpaired) electrons. The van der Waals surface area contributed by atoms with Crippen molar-refractivity contribution in [2.24, 2.45) is 0 Å². The first-order valence-electron chi connectivity index (χ1n) is 2.93. The van der Waals surface area contributed by atoms with E-state index in [1.54, 1.807) is 0 Å². The van der Waals surface area contributed by atoms with Gasteiger partial charge in [0.1, 0.15) is 0 Å². The normalized spacial score (nSPS) is 9.22. The Labute approximate surface area is 66.1 Å². The van der Waals surface area contributed by atoms with Crippen molar-refractivity contribution in [3.05, 3.63) is 0 Å². The molecule has 9 heavy (non-hydrogen) atoms. The molecule has 0 amide bonds. The van der Waals surface area contributed by atoms with Crippen LogP contribution in [0.2, 0.25) is 5.32 Å². The van der Waals surface area contributed by atoms with Gasteiger partial charge in [0, 0.05) is 0 Å². The van der Waals surface area contributed by atoms with E-state index in [1.165, 1.54) is 19.3 Å². The Hall–Kier alpha value is 0.709. The van der Waals surface area contributed by atoms with E-state index in [2.05, 4.69) is 22.9 Å². The Morgan fingerprint density at radius 1 is 1.56 bits per heavy atom. The van der Waals surface area contributed by atoms with E-state index in [-0.39, 0.29) is 0 Å². The molecule has 1 unspecified atom stereocenters. The fraction of sp³-hybridized carbons (Fsp3) is 1.00. The zero-order valence-electron chi connectivity index (χ0n) is 5.58. The van der Waals surface area contributed by atoms with Gasteiger partial charge in [0.2, 0.25) is 0 Å². The summed E-state index contributed by atoms with van der Waals surface area (Å²) in [5.74, 6) is 0. The molecule has 0 spiro atoms. The summed E-state index contributed by atoms with van der Waals surface area (Å²) in [5, 5.41) is 1.10. The topological polar surface area (TPSA) is 40.1 Å². The van der Waals surface area contributed by atoms with Gasteiger partial charge in [-0.15, -0.1) is 0 Å². The Balaban J connectivity index is 0. The Bertz CT molecular complexity index is 48.2. The van der Waals surface area contributed by atoms with Gasteiger partial charge >= 0.3 is 47.5 Å². The molecule has 58 valence electrons. The molecule has 4 heteroatoms. The zero-order chi connectivity index (χ0) is 7.54. The molecule has 0 rings (SSSR count). The predicted molar refractivity (Wildman–Crippen MR) is 34.7 cm³/mol. The Kier molecular flexibility index (Phi) is 21.9. The van der Waals surface area contributed by atoms with E-state index in [9.17, 15) is 0 Å². The van der Waals surface area contributed by atoms with Crippen molar-refractivity contribution < 1.29 is 25.5 Å². The van der Waals surface area contributed by atoms with E-state index in [1.807, 2.05) is 0 Å². The molecule has 0 aromatic heterocycles. The van der Waals surface area contributed by atoms with Crippen LogP contribution >= 0.6 is 8.69 Å². The average Bonchev–Trinajstić information content (AvgIpc) is 1.86. The minimum Gasteiger partial charge on any atom is -0.804 e. The maximum absolute atomic E-state index is 8.46. The molecule has 1 atom stereocenters. The second-order valence-electron chi connectivity index (χ2n) is 1.48. The van der Waals surface area contributed by atoms with Crippen LogP contribution in [0.3, 0.4) is 0 Å². The molecule has 0 aromatic rings. The predicted octanol–water partition coefficient (Wildman–Crippen LogP) is 1.16. The molecule has 2 nitrogen and oxygen atoms in total. The summed E-state index contributed by atoms with van der Waals surface area (Å²) in [5.41, 5.74) is 0. The number of hydrogen-bond donors (Lipinski definition) is 0. The third kappa shape index (κ3) is 28.5. The monoisotopic (exact) mass is 192 g/mol. The van der Waals surface area contributed by atoms with E-state index < -0.39 is 8.69 Å². The first-order valence-corrected chi connectivity index (χ1v) is 4.65. The van der Waals surface area contributed by atoms with Crippen molar-refractivity contribution in [1.29, 1.82) is 0 Å². The first-order chi connectivity index (χ1) is 4.33. The summed E-state index contributed by atoms with van der Waals surface area (Å²) in [6.07, 6.45) is 3.97. The molecule has 0 N–H and O–H groups in total. The van der Waals surface area contributed by atoms with Crippen LogP contribution < -0.4 is 4.89 Å². The third-order valence-electron chi connectivity index (χ3n) is 0.729. The maximum Gasteiger partial charge on any atom is -0.0110 e. The minimum atomic E-state index is -1.75. The molecule has 0 fully saturated rings. The summed E-state index contributed by atoms with van der Waals surface area (Å²) in [6, 6.07) is 0. The summed E-state index contributed by atoms with van der Waals surface area (Å²) in [4.78, 5) is 8.46. The number of rotatable bonds is 3. The second-order valence-corrected chi connectivity index (χ2v) is 2.22. The van der Waals surface area contributed by atoms with Crippen LogP contribution in [0.1, 0.15) is 26.2 Å². The maximum atomic E-state index is 8.46. The van der Waals surface area contributed by atoms with Gasteiger partial charge in [-0.25, -0.2) is 0 Å². The fourth-order valence-electron chi connectivity index (χ4n) is 0.338. The minimum absolute atomic E-state index is 1.10. The van der Waals surface area contributed by atoms with Gasteiger partial charge < -0.3 is 9.46 Å². The van der Waals surface area contributed by atoms with Gasteiger partial charge in [-0.1, -0.05) is 0 Å². The van der Waals surface area contributed by atoms with Crippen molar-refractivity contribution in [2.75, 3.05) is 0 Å². The van der Waals surface area contributed by atoms with Crippen LogP contribution in [0.4, 0.5) is 0 Å². The molecule has 0 aliphatic carbocycles. The summed E-state index contributed by atoms with van der Waals surface area (Å²) in [6.45, 7) is 2.20. The van der Waals surface area contributed by atoms with Crippen molar-refractivity contribution in [3.63, 3.8) is 0 Å². The van der Waals surface area contributed by atoms with Gasteiger partial charge in [0.25, 0.3) is 0 Å². The largest absolute Gasteiger partial charge is 0.804 e. The SMILES string of the molecule is CCCC[CH2][Fe+].O=[PH2][O-]. The van der Waals surface area contributed by atoms with Gasteiger partial charge in [-0.3, -0.25) is 0 Å². The summed E-state index contributed by atoms with van der Waals surface area (Å²) in [7, 11) is -1.75. The van der Waals surface area contributed by atoms with Crippen LogP contribution in [-0.2, 0) is 20.6 Å². The molecule has 0 aliphatic heterocycles. The summed E-state index contributed by atoms with van der Waals surface area (Å²) < 4.78 is 8.46. The van der Waals surface area contributed by atoms with Crippen LogP contribution in [0.5, 0.6) is 0 Å². The molecule has 0 saturated carbocycles. The quantitative estimate of drug-likeness (QED) is 0.382. The molecule has 0 saturated heterocycles. The van der Waals surface area contributed by atoms with Crippen molar-refractivity contribution >= 4 is 8.69 Å². The van der Waals surface area contributed by atoms with E-state index in [0.29, 0.717) is 0 Å². The van der Waals surface area contributed by atoms with Gasteiger partial charge in [-0.2, -0.15) is 0 Å². The van der Waals surface area contributed by atoms with Gasteiger partial charge in [0.15, 0.2) is 0 Å². The smallest absolute Gasteiger partial charge is 0.0110 e. The number of unbranched alkanes of at least 4 members (excludes halogenated alkanes) is 2. The Morgan fingerprint density at radius 3 is 2.11 bits per heavy atom. The van der Waals surface area contributed by atoms with Crippen LogP contribution in [-0.4, -0.2) is 0 Å². The molecule has 0 aromatic carbocycles. The van der Waals surface area contributed by atoms with E-state index in [4.69, 9.17) is 9.46 Å². The van der Waals surface area contributed by atoms with Gasteiger partial charge in [-0.05, 0) is 8.69 Å². The Morgan fingerprint density at radius 2 is 2.00 bits per heavy atom. The third-order valence-corrected chi connectivity index (χ3v) is 1.12. The van der Waals surface area contributed by atoms with Crippen LogP contribution in [0.15, 0.2) is 0 Å². The molecular weight excluding hydrogens is 179 g/mol. The van der Waals surface area contributed by atoms with Crippen molar-refractivity contribution in [3.8, 4) is 0 Å². The van der Waals surface area contributed by atoms with Crippen LogP contribution in [0, 0.1) is 0 Å². The zero-order valence-corrected chi connectivity index (χ0v) is 7.83. The fourth-order valence-corrected chi connectivity index (χ4v) is 0.614. The first kappa shape index (κ1) is 12.4. The molecular formula is C5H13FeO2P. The standard InChI is InChI=1S/C5H11.Fe.H3O2P/c1-3-5-4-2;;1-3-2/h1,3-5H2,2H3;;3H2,(H,1,2)/q;+1;/p-1.